The summed E-state index contributed by atoms with van der Waals surface area (Å²) in [5.74, 6) is -1.30. The summed E-state index contributed by atoms with van der Waals surface area (Å²) in [5, 5.41) is 5.11. The van der Waals surface area contributed by atoms with Crippen molar-refractivity contribution in [3.8, 4) is 0 Å². The Kier molecular flexibility index (Phi) is 7.43. The zero-order chi connectivity index (χ0) is 19.8. The average Bonchev–Trinajstić information content (AvgIpc) is 3.13. The minimum atomic E-state index is -0.723. The van der Waals surface area contributed by atoms with Gasteiger partial charge in [0.05, 0.1) is 18.7 Å². The van der Waals surface area contributed by atoms with Gasteiger partial charge in [0.1, 0.15) is 5.76 Å². The maximum Gasteiger partial charge on any atom is 0.321 e. The van der Waals surface area contributed by atoms with Gasteiger partial charge in [-0.15, -0.1) is 0 Å². The molecule has 1 aromatic heterocycles. The second-order valence-electron chi connectivity index (χ2n) is 6.19. The number of amides is 3. The molecule has 0 fully saturated rings. The van der Waals surface area contributed by atoms with Crippen molar-refractivity contribution in [3.05, 3.63) is 59.0 Å². The second-order valence-corrected chi connectivity index (χ2v) is 6.63. The Bertz CT molecular complexity index is 772. The number of carbonyl (C=O) groups is 3. The first-order chi connectivity index (χ1) is 12.9. The molecule has 0 unspecified atom stereocenters. The van der Waals surface area contributed by atoms with Gasteiger partial charge in [-0.25, -0.2) is 4.79 Å². The lowest BCUT2D eigenvalue weighted by Crippen LogP contribution is -2.41. The number of carbonyl (C=O) groups excluding carboxylic acids is 3. The lowest BCUT2D eigenvalue weighted by Gasteiger charge is -2.19. The number of ether oxygens (including phenoxy) is 1. The van der Waals surface area contributed by atoms with Gasteiger partial charge >= 0.3 is 12.0 Å². The van der Waals surface area contributed by atoms with Crippen molar-refractivity contribution in [2.45, 2.75) is 26.3 Å². The van der Waals surface area contributed by atoms with Gasteiger partial charge in [0.25, 0.3) is 5.91 Å². The topological polar surface area (TPSA) is 97.6 Å². The number of nitrogens with one attached hydrogen (secondary N) is 2. The van der Waals surface area contributed by atoms with Crippen molar-refractivity contribution in [3.63, 3.8) is 0 Å². The maximum atomic E-state index is 12.4. The van der Waals surface area contributed by atoms with Gasteiger partial charge in [-0.1, -0.05) is 37.6 Å². The van der Waals surface area contributed by atoms with Crippen LogP contribution in [0.4, 0.5) is 4.79 Å². The van der Waals surface area contributed by atoms with Crippen LogP contribution in [0.15, 0.2) is 47.1 Å². The fraction of sp³-hybridized carbons (Fsp3) is 0.316. The summed E-state index contributed by atoms with van der Waals surface area (Å²) in [6.07, 6.45) is 1.48. The van der Waals surface area contributed by atoms with E-state index in [4.69, 9.17) is 20.8 Å². The molecule has 8 heteroatoms. The predicted octanol–water partition coefficient (Wildman–Crippen LogP) is 3.24. The molecule has 0 bridgehead atoms. The molecular weight excluding hydrogens is 372 g/mol. The largest absolute Gasteiger partial charge is 0.467 e. The first kappa shape index (κ1) is 20.5. The molecule has 144 valence electrons. The number of urea groups is 1. The third kappa shape index (κ3) is 6.45. The van der Waals surface area contributed by atoms with Crippen LogP contribution in [0.5, 0.6) is 0 Å². The van der Waals surface area contributed by atoms with Gasteiger partial charge in [-0.3, -0.25) is 14.9 Å². The zero-order valence-electron chi connectivity index (χ0n) is 15.0. The summed E-state index contributed by atoms with van der Waals surface area (Å²) in [7, 11) is 0. The van der Waals surface area contributed by atoms with Gasteiger partial charge in [0, 0.05) is 5.02 Å². The van der Waals surface area contributed by atoms with Crippen molar-refractivity contribution >= 4 is 29.5 Å². The Hall–Kier alpha value is -2.80. The third-order valence-electron chi connectivity index (χ3n) is 3.75. The van der Waals surface area contributed by atoms with Crippen molar-refractivity contribution in [2.24, 2.45) is 5.92 Å². The van der Waals surface area contributed by atoms with Gasteiger partial charge in [0.15, 0.2) is 6.61 Å². The van der Waals surface area contributed by atoms with Crippen LogP contribution in [-0.2, 0) is 20.9 Å². The quantitative estimate of drug-likeness (QED) is 0.705. The highest BCUT2D eigenvalue weighted by atomic mass is 35.5. The van der Waals surface area contributed by atoms with Crippen LogP contribution in [0.25, 0.3) is 0 Å². The number of esters is 1. The van der Waals surface area contributed by atoms with E-state index in [0.29, 0.717) is 10.8 Å². The fourth-order valence-corrected chi connectivity index (χ4v) is 2.60. The number of rotatable bonds is 7. The van der Waals surface area contributed by atoms with Crippen molar-refractivity contribution in [1.29, 1.82) is 0 Å². The van der Waals surface area contributed by atoms with E-state index in [1.807, 2.05) is 13.8 Å². The van der Waals surface area contributed by atoms with Crippen LogP contribution >= 0.6 is 11.6 Å². The molecule has 0 aliphatic carbocycles. The second kappa shape index (κ2) is 9.78. The zero-order valence-corrected chi connectivity index (χ0v) is 15.8. The molecular formula is C19H21ClN2O5. The smallest absolute Gasteiger partial charge is 0.321 e. The molecule has 1 aromatic carbocycles. The predicted molar refractivity (Wildman–Crippen MR) is 99.1 cm³/mol. The molecule has 1 atom stereocenters. The van der Waals surface area contributed by atoms with Crippen LogP contribution in [0.1, 0.15) is 31.1 Å². The van der Waals surface area contributed by atoms with Gasteiger partial charge in [-0.2, -0.15) is 0 Å². The highest BCUT2D eigenvalue weighted by molar-refractivity contribution is 6.30. The Balaban J connectivity index is 1.82. The van der Waals surface area contributed by atoms with E-state index in [1.54, 1.807) is 36.4 Å². The van der Waals surface area contributed by atoms with E-state index in [-0.39, 0.29) is 12.5 Å². The highest BCUT2D eigenvalue weighted by Crippen LogP contribution is 2.27. The van der Waals surface area contributed by atoms with Crippen LogP contribution < -0.4 is 10.6 Å². The number of hydrogen-bond donors (Lipinski definition) is 2. The molecule has 2 N–H and O–H groups in total. The van der Waals surface area contributed by atoms with Crippen molar-refractivity contribution in [1.82, 2.24) is 10.6 Å². The lowest BCUT2D eigenvalue weighted by atomic mass is 9.88. The summed E-state index contributed by atoms with van der Waals surface area (Å²) >= 11 is 5.87. The summed E-state index contributed by atoms with van der Waals surface area (Å²) < 4.78 is 10.1. The summed E-state index contributed by atoms with van der Waals surface area (Å²) in [4.78, 5) is 35.8. The molecule has 0 aliphatic heterocycles. The van der Waals surface area contributed by atoms with Crippen molar-refractivity contribution < 1.29 is 23.5 Å². The molecule has 2 aromatic rings. The minimum Gasteiger partial charge on any atom is -0.467 e. The van der Waals surface area contributed by atoms with Gasteiger partial charge < -0.3 is 14.5 Å². The fourth-order valence-electron chi connectivity index (χ4n) is 2.48. The van der Waals surface area contributed by atoms with Gasteiger partial charge in [-0.05, 0) is 35.7 Å². The molecule has 7 nitrogen and oxygen atoms in total. The Morgan fingerprint density at radius 1 is 1.15 bits per heavy atom. The lowest BCUT2D eigenvalue weighted by molar-refractivity contribution is -0.150. The molecule has 2 rings (SSSR count). The number of halogens is 1. The molecule has 0 saturated heterocycles. The first-order valence-electron chi connectivity index (χ1n) is 8.39. The molecule has 27 heavy (non-hydrogen) atoms. The summed E-state index contributed by atoms with van der Waals surface area (Å²) in [5.41, 5.74) is 0.746. The molecule has 3 amide bonds. The molecule has 0 aliphatic rings. The Morgan fingerprint density at radius 2 is 1.85 bits per heavy atom. The molecule has 0 saturated carbocycles. The van der Waals surface area contributed by atoms with Crippen LogP contribution in [0.2, 0.25) is 5.02 Å². The third-order valence-corrected chi connectivity index (χ3v) is 4.00. The van der Waals surface area contributed by atoms with E-state index in [2.05, 4.69) is 10.6 Å². The van der Waals surface area contributed by atoms with E-state index in [1.165, 1.54) is 6.26 Å². The van der Waals surface area contributed by atoms with Crippen LogP contribution in [-0.4, -0.2) is 24.5 Å². The molecule has 0 spiro atoms. The Morgan fingerprint density at radius 3 is 2.44 bits per heavy atom. The number of benzene rings is 1. The molecule has 0 radical (unpaired) electrons. The van der Waals surface area contributed by atoms with E-state index in [9.17, 15) is 14.4 Å². The monoisotopic (exact) mass is 392 g/mol. The summed E-state index contributed by atoms with van der Waals surface area (Å²) in [6.45, 7) is 3.34. The van der Waals surface area contributed by atoms with Gasteiger partial charge in [0.2, 0.25) is 0 Å². The normalized spacial score (nSPS) is 11.7. The standard InChI is InChI=1S/C19H21ClN2O5/c1-12(2)17(13-5-7-14(20)8-6-13)18(24)27-11-16(23)22-19(25)21-10-15-4-3-9-26-15/h3-9,12,17H,10-11H2,1-2H3,(H2,21,22,23,25)/t17-/m1/s1. The number of furan rings is 1. The number of hydrogen-bond acceptors (Lipinski definition) is 5. The highest BCUT2D eigenvalue weighted by Gasteiger charge is 2.26. The maximum absolute atomic E-state index is 12.4. The average molecular weight is 393 g/mol. The van der Waals surface area contributed by atoms with Crippen molar-refractivity contribution in [2.75, 3.05) is 6.61 Å². The van der Waals surface area contributed by atoms with Crippen LogP contribution in [0.3, 0.4) is 0 Å². The minimum absolute atomic E-state index is 0.0432. The van der Waals surface area contributed by atoms with E-state index in [0.717, 1.165) is 5.56 Å². The van der Waals surface area contributed by atoms with Crippen LogP contribution in [0, 0.1) is 5.92 Å². The number of imide groups is 1. The molecule has 1 heterocycles. The Labute approximate surface area is 162 Å². The first-order valence-corrected chi connectivity index (χ1v) is 8.76. The summed E-state index contributed by atoms with van der Waals surface area (Å²) in [6, 6.07) is 9.54. The van der Waals surface area contributed by atoms with E-state index >= 15 is 0 Å². The van der Waals surface area contributed by atoms with E-state index < -0.39 is 30.4 Å². The SMILES string of the molecule is CC(C)[C@@H](C(=O)OCC(=O)NC(=O)NCc1ccco1)c1ccc(Cl)cc1.